The third-order valence-corrected chi connectivity index (χ3v) is 1.34. The lowest BCUT2D eigenvalue weighted by Crippen LogP contribution is -1.88. The zero-order chi connectivity index (χ0) is 7.98. The van der Waals surface area contributed by atoms with Crippen LogP contribution in [0.2, 0.25) is 0 Å². The predicted octanol–water partition coefficient (Wildman–Crippen LogP) is 3.03. The molecule has 0 heterocycles. The first kappa shape index (κ1) is 9.41. The molecule has 0 spiro atoms. The van der Waals surface area contributed by atoms with Gasteiger partial charge in [-0.15, -0.1) is 0 Å². The van der Waals surface area contributed by atoms with E-state index in [0.29, 0.717) is 5.92 Å². The summed E-state index contributed by atoms with van der Waals surface area (Å²) in [6.07, 6.45) is 4.17. The Hall–Kier alpha value is -0.590. The van der Waals surface area contributed by atoms with Crippen LogP contribution in [-0.4, -0.2) is 6.21 Å². The van der Waals surface area contributed by atoms with Crippen molar-refractivity contribution >= 4 is 6.21 Å². The normalized spacial score (nSPS) is 11.2. The van der Waals surface area contributed by atoms with Crippen LogP contribution in [0.5, 0.6) is 0 Å². The summed E-state index contributed by atoms with van der Waals surface area (Å²) < 4.78 is 0. The minimum Gasteiger partial charge on any atom is -0.266 e. The second-order valence-electron chi connectivity index (χ2n) is 2.75. The molecule has 0 aromatic carbocycles. The van der Waals surface area contributed by atoms with Gasteiger partial charge in [0.25, 0.3) is 0 Å². The number of rotatable bonds is 4. The van der Waals surface area contributed by atoms with Crippen LogP contribution in [0.25, 0.3) is 0 Å². The molecule has 0 aliphatic heterocycles. The van der Waals surface area contributed by atoms with Crippen LogP contribution in [0.4, 0.5) is 0 Å². The molecule has 0 rings (SSSR count). The number of nitrogens with zero attached hydrogens (tertiary/aromatic N) is 1. The molecular weight excluding hydrogens is 122 g/mol. The third-order valence-electron chi connectivity index (χ3n) is 1.34. The van der Waals surface area contributed by atoms with Crippen LogP contribution >= 0.6 is 0 Å². The van der Waals surface area contributed by atoms with E-state index in [1.54, 1.807) is 0 Å². The van der Waals surface area contributed by atoms with Crippen molar-refractivity contribution < 1.29 is 0 Å². The van der Waals surface area contributed by atoms with Crippen molar-refractivity contribution in [2.75, 3.05) is 0 Å². The van der Waals surface area contributed by atoms with Crippen LogP contribution in [0.1, 0.15) is 33.6 Å². The standard InChI is InChI=1S/C9H17N/c1-5-6-7-10-9(4)8(2)3/h7-8H,4-6H2,1-3H3/b10-7-. The topological polar surface area (TPSA) is 12.4 Å². The van der Waals surface area contributed by atoms with E-state index in [4.69, 9.17) is 0 Å². The van der Waals surface area contributed by atoms with Crippen molar-refractivity contribution in [3.63, 3.8) is 0 Å². The molecule has 0 aliphatic carbocycles. The molecule has 1 heteroatoms. The van der Waals surface area contributed by atoms with Crippen LogP contribution in [0.15, 0.2) is 17.3 Å². The molecule has 0 aromatic heterocycles. The quantitative estimate of drug-likeness (QED) is 0.531. The summed E-state index contributed by atoms with van der Waals surface area (Å²) in [7, 11) is 0. The summed E-state index contributed by atoms with van der Waals surface area (Å²) in [5, 5.41) is 0. The average Bonchev–Trinajstić information content (AvgIpc) is 1.88. The van der Waals surface area contributed by atoms with Gasteiger partial charge in [-0.3, -0.25) is 4.99 Å². The maximum Gasteiger partial charge on any atom is 0.0353 e. The number of allylic oxidation sites excluding steroid dienone is 1. The average molecular weight is 139 g/mol. The van der Waals surface area contributed by atoms with Crippen molar-refractivity contribution in [2.24, 2.45) is 10.9 Å². The molecule has 0 aromatic rings. The van der Waals surface area contributed by atoms with Gasteiger partial charge in [0, 0.05) is 11.9 Å². The summed E-state index contributed by atoms with van der Waals surface area (Å²) in [6.45, 7) is 10.2. The molecule has 0 unspecified atom stereocenters. The van der Waals surface area contributed by atoms with Gasteiger partial charge in [0.15, 0.2) is 0 Å². The fraction of sp³-hybridized carbons (Fsp3) is 0.667. The molecule has 0 radical (unpaired) electrons. The highest BCUT2D eigenvalue weighted by atomic mass is 14.7. The molecule has 0 N–H and O–H groups in total. The van der Waals surface area contributed by atoms with Crippen molar-refractivity contribution in [3.05, 3.63) is 12.3 Å². The lowest BCUT2D eigenvalue weighted by molar-refractivity contribution is 0.762. The van der Waals surface area contributed by atoms with Gasteiger partial charge in [0.05, 0.1) is 0 Å². The fourth-order valence-electron chi connectivity index (χ4n) is 0.460. The zero-order valence-electron chi connectivity index (χ0n) is 7.22. The Kier molecular flexibility index (Phi) is 4.91. The molecular formula is C9H17N. The molecule has 0 amide bonds. The minimum atomic E-state index is 0.480. The Morgan fingerprint density at radius 2 is 2.20 bits per heavy atom. The monoisotopic (exact) mass is 139 g/mol. The molecule has 0 bridgehead atoms. The van der Waals surface area contributed by atoms with Crippen LogP contribution in [0, 0.1) is 5.92 Å². The van der Waals surface area contributed by atoms with Crippen LogP contribution < -0.4 is 0 Å². The first-order chi connectivity index (χ1) is 4.68. The highest BCUT2D eigenvalue weighted by Crippen LogP contribution is 2.06. The summed E-state index contributed by atoms with van der Waals surface area (Å²) in [5.41, 5.74) is 0.980. The summed E-state index contributed by atoms with van der Waals surface area (Å²) in [6, 6.07) is 0. The molecule has 0 fully saturated rings. The van der Waals surface area contributed by atoms with E-state index in [-0.39, 0.29) is 0 Å². The molecule has 0 aliphatic rings. The highest BCUT2D eigenvalue weighted by molar-refractivity contribution is 5.58. The fourth-order valence-corrected chi connectivity index (χ4v) is 0.460. The third kappa shape index (κ3) is 4.30. The number of hydrogen-bond donors (Lipinski definition) is 0. The van der Waals surface area contributed by atoms with Gasteiger partial charge in [0.1, 0.15) is 0 Å². The Morgan fingerprint density at radius 3 is 2.60 bits per heavy atom. The number of aliphatic imine (C=N–C) groups is 1. The Balaban J connectivity index is 3.56. The van der Waals surface area contributed by atoms with E-state index in [1.807, 2.05) is 6.21 Å². The number of hydrogen-bond acceptors (Lipinski definition) is 1. The number of unbranched alkanes of at least 4 members (excludes halogenated alkanes) is 1. The first-order valence-corrected chi connectivity index (χ1v) is 3.89. The smallest absolute Gasteiger partial charge is 0.0353 e. The first-order valence-electron chi connectivity index (χ1n) is 3.89. The molecule has 0 atom stereocenters. The van der Waals surface area contributed by atoms with Crippen molar-refractivity contribution in [2.45, 2.75) is 33.6 Å². The maximum atomic E-state index is 4.19. The van der Waals surface area contributed by atoms with Gasteiger partial charge < -0.3 is 0 Å². The van der Waals surface area contributed by atoms with Gasteiger partial charge >= 0.3 is 0 Å². The summed E-state index contributed by atoms with van der Waals surface area (Å²) >= 11 is 0. The van der Waals surface area contributed by atoms with Gasteiger partial charge in [-0.2, -0.15) is 0 Å². The Bertz CT molecular complexity index is 123. The van der Waals surface area contributed by atoms with E-state index < -0.39 is 0 Å². The SMILES string of the molecule is C=C(/N=C\CCC)C(C)C. The van der Waals surface area contributed by atoms with E-state index >= 15 is 0 Å². The molecule has 0 saturated carbocycles. The molecule has 0 saturated heterocycles. The molecule has 10 heavy (non-hydrogen) atoms. The van der Waals surface area contributed by atoms with Crippen molar-refractivity contribution in [1.82, 2.24) is 0 Å². The summed E-state index contributed by atoms with van der Waals surface area (Å²) in [4.78, 5) is 4.19. The van der Waals surface area contributed by atoms with Gasteiger partial charge in [-0.05, 0) is 12.3 Å². The van der Waals surface area contributed by atoms with E-state index in [0.717, 1.165) is 18.5 Å². The Labute approximate surface area is 63.9 Å². The van der Waals surface area contributed by atoms with Gasteiger partial charge in [0.2, 0.25) is 0 Å². The zero-order valence-corrected chi connectivity index (χ0v) is 7.22. The lowest BCUT2D eigenvalue weighted by Gasteiger charge is -2.00. The largest absolute Gasteiger partial charge is 0.266 e. The predicted molar refractivity (Wildman–Crippen MR) is 47.4 cm³/mol. The molecule has 1 nitrogen and oxygen atoms in total. The van der Waals surface area contributed by atoms with Crippen molar-refractivity contribution in [3.8, 4) is 0 Å². The van der Waals surface area contributed by atoms with Crippen LogP contribution in [0.3, 0.4) is 0 Å². The van der Waals surface area contributed by atoms with Crippen LogP contribution in [-0.2, 0) is 0 Å². The van der Waals surface area contributed by atoms with Gasteiger partial charge in [-0.25, -0.2) is 0 Å². The minimum absolute atomic E-state index is 0.480. The lowest BCUT2D eigenvalue weighted by atomic mass is 10.2. The Morgan fingerprint density at radius 1 is 1.60 bits per heavy atom. The maximum absolute atomic E-state index is 4.19. The summed E-state index contributed by atoms with van der Waals surface area (Å²) in [5.74, 6) is 0.480. The van der Waals surface area contributed by atoms with E-state index in [2.05, 4.69) is 32.3 Å². The second-order valence-corrected chi connectivity index (χ2v) is 2.75. The van der Waals surface area contributed by atoms with Gasteiger partial charge in [-0.1, -0.05) is 33.8 Å². The molecule has 58 valence electrons. The second kappa shape index (κ2) is 5.21. The van der Waals surface area contributed by atoms with Crippen molar-refractivity contribution in [1.29, 1.82) is 0 Å². The highest BCUT2D eigenvalue weighted by Gasteiger charge is 1.93. The van der Waals surface area contributed by atoms with E-state index in [1.165, 1.54) is 0 Å². The van der Waals surface area contributed by atoms with E-state index in [9.17, 15) is 0 Å².